The molecule has 6 heteroatoms. The third-order valence-corrected chi connectivity index (χ3v) is 2.72. The summed E-state index contributed by atoms with van der Waals surface area (Å²) in [5.74, 6) is -2.10. The molecule has 0 saturated carbocycles. The molecule has 0 bridgehead atoms. The van der Waals surface area contributed by atoms with Crippen molar-refractivity contribution in [1.29, 1.82) is 0 Å². The number of aliphatic hydroxyl groups is 1. The van der Waals surface area contributed by atoms with Crippen LogP contribution in [0.15, 0.2) is 18.2 Å². The molecular weight excluding hydrogens is 232 g/mol. The normalized spacial score (nSPS) is 17.4. The Bertz CT molecular complexity index is 441. The number of halogens is 2. The van der Waals surface area contributed by atoms with E-state index in [1.165, 1.54) is 0 Å². The first-order chi connectivity index (χ1) is 8.07. The molecule has 0 aliphatic carbocycles. The predicted molar refractivity (Wildman–Crippen MR) is 55.3 cm³/mol. The molecule has 1 saturated heterocycles. The quantitative estimate of drug-likeness (QED) is 0.829. The zero-order valence-electron chi connectivity index (χ0n) is 8.87. The van der Waals surface area contributed by atoms with E-state index in [-0.39, 0.29) is 25.5 Å². The van der Waals surface area contributed by atoms with Crippen molar-refractivity contribution >= 4 is 11.6 Å². The minimum Gasteiger partial charge on any atom is -0.395 e. The zero-order chi connectivity index (χ0) is 12.5. The number of ether oxygens (including phenoxy) is 1. The van der Waals surface area contributed by atoms with Crippen molar-refractivity contribution < 1.29 is 23.4 Å². The first-order valence-electron chi connectivity index (χ1n) is 5.02. The minimum atomic E-state index is -1.01. The topological polar surface area (TPSA) is 58.6 Å². The van der Waals surface area contributed by atoms with Gasteiger partial charge in [-0.2, -0.15) is 0 Å². The Labute approximate surface area is 96.2 Å². The van der Waals surface area contributed by atoms with Crippen LogP contribution in [0.5, 0.6) is 0 Å². The highest BCUT2D eigenvalue weighted by Crippen LogP contribution is 2.29. The first kappa shape index (κ1) is 11.9. The number of rotatable bonds is 3. The Morgan fingerprint density at radius 1 is 1.47 bits per heavy atom. The maximum atomic E-state index is 13.3. The largest absolute Gasteiger partial charge is 0.395 e. The maximum absolute atomic E-state index is 13.3. The lowest BCUT2D eigenvalue weighted by Gasteiger charge is -2.37. The van der Waals surface area contributed by atoms with Gasteiger partial charge in [-0.25, -0.2) is 8.78 Å². The zero-order valence-corrected chi connectivity index (χ0v) is 8.87. The van der Waals surface area contributed by atoms with Crippen LogP contribution in [0.3, 0.4) is 0 Å². The summed E-state index contributed by atoms with van der Waals surface area (Å²) in [4.78, 5) is 11.8. The van der Waals surface area contributed by atoms with E-state index in [4.69, 9.17) is 9.84 Å². The summed E-state index contributed by atoms with van der Waals surface area (Å²) in [5.41, 5.74) is -1.13. The predicted octanol–water partition coefficient (Wildman–Crippen LogP) is 0.912. The molecule has 17 heavy (non-hydrogen) atoms. The van der Waals surface area contributed by atoms with E-state index in [1.54, 1.807) is 0 Å². The SMILES string of the molecule is O=C(Nc1ccc(F)cc1F)C1(CO)COC1. The van der Waals surface area contributed by atoms with Crippen LogP contribution < -0.4 is 5.32 Å². The molecule has 1 aliphatic rings. The minimum absolute atomic E-state index is 0.0954. The molecule has 1 aromatic rings. The lowest BCUT2D eigenvalue weighted by Crippen LogP contribution is -2.54. The third kappa shape index (κ3) is 2.13. The molecule has 0 spiro atoms. The van der Waals surface area contributed by atoms with E-state index < -0.39 is 23.0 Å². The fourth-order valence-corrected chi connectivity index (χ4v) is 1.49. The highest BCUT2D eigenvalue weighted by Gasteiger charge is 2.45. The summed E-state index contributed by atoms with van der Waals surface area (Å²) >= 11 is 0. The van der Waals surface area contributed by atoms with E-state index in [0.717, 1.165) is 12.1 Å². The molecule has 0 atom stereocenters. The number of carbonyl (C=O) groups is 1. The molecule has 2 rings (SSSR count). The van der Waals surface area contributed by atoms with Gasteiger partial charge in [0.25, 0.3) is 0 Å². The van der Waals surface area contributed by atoms with Crippen LogP contribution in [0.25, 0.3) is 0 Å². The van der Waals surface area contributed by atoms with Gasteiger partial charge in [-0.3, -0.25) is 4.79 Å². The van der Waals surface area contributed by atoms with Crippen LogP contribution in [0.4, 0.5) is 14.5 Å². The molecule has 1 aliphatic heterocycles. The number of aliphatic hydroxyl groups excluding tert-OH is 1. The van der Waals surface area contributed by atoms with Crippen LogP contribution in [-0.2, 0) is 9.53 Å². The van der Waals surface area contributed by atoms with Gasteiger partial charge >= 0.3 is 0 Å². The van der Waals surface area contributed by atoms with Crippen molar-refractivity contribution in [2.75, 3.05) is 25.1 Å². The Morgan fingerprint density at radius 2 is 2.18 bits per heavy atom. The molecule has 0 radical (unpaired) electrons. The summed E-state index contributed by atoms with van der Waals surface area (Å²) in [6.45, 7) is -0.183. The van der Waals surface area contributed by atoms with Crippen molar-refractivity contribution in [2.24, 2.45) is 5.41 Å². The monoisotopic (exact) mass is 243 g/mol. The van der Waals surface area contributed by atoms with Crippen LogP contribution in [0, 0.1) is 17.0 Å². The fraction of sp³-hybridized carbons (Fsp3) is 0.364. The highest BCUT2D eigenvalue weighted by atomic mass is 19.1. The number of amides is 1. The van der Waals surface area contributed by atoms with E-state index in [1.807, 2.05) is 0 Å². The summed E-state index contributed by atoms with van der Waals surface area (Å²) < 4.78 is 30.8. The second-order valence-electron chi connectivity index (χ2n) is 4.01. The molecule has 0 aromatic heterocycles. The lowest BCUT2D eigenvalue weighted by molar-refractivity contribution is -0.164. The van der Waals surface area contributed by atoms with Crippen LogP contribution in [0.1, 0.15) is 0 Å². The highest BCUT2D eigenvalue weighted by molar-refractivity contribution is 5.96. The third-order valence-electron chi connectivity index (χ3n) is 2.72. The average molecular weight is 243 g/mol. The number of anilines is 1. The van der Waals surface area contributed by atoms with Gasteiger partial charge in [-0.15, -0.1) is 0 Å². The van der Waals surface area contributed by atoms with Gasteiger partial charge in [0, 0.05) is 6.07 Å². The lowest BCUT2D eigenvalue weighted by atomic mass is 9.86. The smallest absolute Gasteiger partial charge is 0.237 e. The number of benzene rings is 1. The number of nitrogens with one attached hydrogen (secondary N) is 1. The first-order valence-corrected chi connectivity index (χ1v) is 5.02. The number of hydrogen-bond donors (Lipinski definition) is 2. The maximum Gasteiger partial charge on any atom is 0.237 e. The summed E-state index contributed by atoms with van der Waals surface area (Å²) in [6, 6.07) is 2.85. The van der Waals surface area contributed by atoms with Gasteiger partial charge in [-0.1, -0.05) is 0 Å². The Balaban J connectivity index is 2.13. The van der Waals surface area contributed by atoms with Crippen molar-refractivity contribution in [3.8, 4) is 0 Å². The Hall–Kier alpha value is -1.53. The summed E-state index contributed by atoms with van der Waals surface area (Å²) in [7, 11) is 0. The molecule has 2 N–H and O–H groups in total. The van der Waals surface area contributed by atoms with Gasteiger partial charge < -0.3 is 15.2 Å². The van der Waals surface area contributed by atoms with Crippen LogP contribution in [0.2, 0.25) is 0 Å². The second kappa shape index (κ2) is 4.38. The van der Waals surface area contributed by atoms with Crippen molar-refractivity contribution in [1.82, 2.24) is 0 Å². The van der Waals surface area contributed by atoms with Crippen LogP contribution >= 0.6 is 0 Å². The fourth-order valence-electron chi connectivity index (χ4n) is 1.49. The van der Waals surface area contributed by atoms with Crippen molar-refractivity contribution in [2.45, 2.75) is 0 Å². The molecule has 1 fully saturated rings. The molecule has 1 aromatic carbocycles. The van der Waals surface area contributed by atoms with Gasteiger partial charge in [0.1, 0.15) is 17.0 Å². The Morgan fingerprint density at radius 3 is 2.65 bits per heavy atom. The average Bonchev–Trinajstić information content (AvgIpc) is 2.21. The Kier molecular flexibility index (Phi) is 3.08. The van der Waals surface area contributed by atoms with Gasteiger partial charge in [-0.05, 0) is 12.1 Å². The molecule has 0 unspecified atom stereocenters. The van der Waals surface area contributed by atoms with Gasteiger partial charge in [0.15, 0.2) is 0 Å². The van der Waals surface area contributed by atoms with E-state index in [9.17, 15) is 13.6 Å². The molecule has 92 valence electrons. The van der Waals surface area contributed by atoms with Crippen molar-refractivity contribution in [3.05, 3.63) is 29.8 Å². The van der Waals surface area contributed by atoms with Crippen LogP contribution in [-0.4, -0.2) is 30.8 Å². The van der Waals surface area contributed by atoms with E-state index in [2.05, 4.69) is 5.32 Å². The number of hydrogen-bond acceptors (Lipinski definition) is 3. The molecular formula is C11H11F2NO3. The molecule has 4 nitrogen and oxygen atoms in total. The number of carbonyl (C=O) groups excluding carboxylic acids is 1. The van der Waals surface area contributed by atoms with E-state index >= 15 is 0 Å². The van der Waals surface area contributed by atoms with Gasteiger partial charge in [0.05, 0.1) is 25.5 Å². The van der Waals surface area contributed by atoms with Gasteiger partial charge in [0.2, 0.25) is 5.91 Å². The summed E-state index contributed by atoms with van der Waals surface area (Å²) in [6.07, 6.45) is 0. The standard InChI is InChI=1S/C11H11F2NO3/c12-7-1-2-9(8(13)3-7)14-10(16)11(4-15)5-17-6-11/h1-3,15H,4-6H2,(H,14,16). The van der Waals surface area contributed by atoms with Crippen molar-refractivity contribution in [3.63, 3.8) is 0 Å². The molecule has 1 heterocycles. The summed E-state index contributed by atoms with van der Waals surface area (Å²) in [5, 5.41) is 11.4. The second-order valence-corrected chi connectivity index (χ2v) is 4.01. The van der Waals surface area contributed by atoms with E-state index in [0.29, 0.717) is 6.07 Å². The molecule has 1 amide bonds.